The SMILES string of the molecule is Nc1ccc2nc(S(=O)(=O)Cc3cccnc3)oc2c1. The molecule has 102 valence electrons. The van der Waals surface area contributed by atoms with Gasteiger partial charge in [-0.3, -0.25) is 4.98 Å². The average Bonchev–Trinajstić information content (AvgIpc) is 2.83. The van der Waals surface area contributed by atoms with E-state index >= 15 is 0 Å². The second kappa shape index (κ2) is 4.61. The number of nitrogen functional groups attached to an aromatic ring is 1. The smallest absolute Gasteiger partial charge is 0.316 e. The van der Waals surface area contributed by atoms with E-state index in [4.69, 9.17) is 10.2 Å². The van der Waals surface area contributed by atoms with Crippen LogP contribution < -0.4 is 5.73 Å². The van der Waals surface area contributed by atoms with Crippen molar-refractivity contribution in [3.63, 3.8) is 0 Å². The Hall–Kier alpha value is -2.41. The summed E-state index contributed by atoms with van der Waals surface area (Å²) in [4.78, 5) is 7.88. The molecule has 0 bridgehead atoms. The number of rotatable bonds is 3. The molecule has 0 saturated carbocycles. The number of hydrogen-bond acceptors (Lipinski definition) is 6. The number of aromatic nitrogens is 2. The Balaban J connectivity index is 2.01. The number of nitrogens with two attached hydrogens (primary N) is 1. The molecule has 7 heteroatoms. The molecule has 0 spiro atoms. The second-order valence-electron chi connectivity index (χ2n) is 4.33. The zero-order chi connectivity index (χ0) is 14.2. The molecule has 0 radical (unpaired) electrons. The molecule has 0 atom stereocenters. The monoisotopic (exact) mass is 289 g/mol. The molecule has 0 amide bonds. The number of anilines is 1. The standard InChI is InChI=1S/C13H11N3O3S/c14-10-3-4-11-12(6-10)19-13(16-11)20(17,18)8-9-2-1-5-15-7-9/h1-7H,8,14H2. The summed E-state index contributed by atoms with van der Waals surface area (Å²) in [6, 6.07) is 8.17. The summed E-state index contributed by atoms with van der Waals surface area (Å²) in [6.07, 6.45) is 3.08. The normalized spacial score (nSPS) is 11.8. The zero-order valence-electron chi connectivity index (χ0n) is 10.4. The molecule has 2 heterocycles. The molecule has 0 aliphatic rings. The number of benzene rings is 1. The fourth-order valence-electron chi connectivity index (χ4n) is 1.82. The van der Waals surface area contributed by atoms with Gasteiger partial charge in [0, 0.05) is 24.1 Å². The van der Waals surface area contributed by atoms with Gasteiger partial charge in [-0.05, 0) is 23.8 Å². The van der Waals surface area contributed by atoms with Gasteiger partial charge in [0.1, 0.15) is 5.52 Å². The Morgan fingerprint density at radius 1 is 1.25 bits per heavy atom. The molecule has 0 aliphatic carbocycles. The molecule has 6 nitrogen and oxygen atoms in total. The lowest BCUT2D eigenvalue weighted by Crippen LogP contribution is -2.05. The number of oxazole rings is 1. The largest absolute Gasteiger partial charge is 0.428 e. The Morgan fingerprint density at radius 2 is 2.10 bits per heavy atom. The highest BCUT2D eigenvalue weighted by molar-refractivity contribution is 7.90. The quantitative estimate of drug-likeness (QED) is 0.738. The van der Waals surface area contributed by atoms with Gasteiger partial charge in [-0.2, -0.15) is 4.98 Å². The van der Waals surface area contributed by atoms with Crippen LogP contribution in [0.25, 0.3) is 11.1 Å². The first-order chi connectivity index (χ1) is 9.54. The van der Waals surface area contributed by atoms with Crippen LogP contribution in [0.15, 0.2) is 52.4 Å². The van der Waals surface area contributed by atoms with Crippen LogP contribution in [0.3, 0.4) is 0 Å². The number of pyridine rings is 1. The third-order valence-electron chi connectivity index (χ3n) is 2.74. The van der Waals surface area contributed by atoms with Crippen molar-refractivity contribution in [2.75, 3.05) is 5.73 Å². The van der Waals surface area contributed by atoms with Gasteiger partial charge >= 0.3 is 5.22 Å². The molecule has 3 rings (SSSR count). The number of sulfone groups is 1. The maximum absolute atomic E-state index is 12.2. The molecule has 3 aromatic rings. The molecule has 0 unspecified atom stereocenters. The van der Waals surface area contributed by atoms with Crippen molar-refractivity contribution in [3.8, 4) is 0 Å². The van der Waals surface area contributed by atoms with E-state index in [1.165, 1.54) is 6.20 Å². The summed E-state index contributed by atoms with van der Waals surface area (Å²) in [5.74, 6) is -0.205. The maximum atomic E-state index is 12.2. The van der Waals surface area contributed by atoms with Gasteiger partial charge in [0.15, 0.2) is 5.58 Å². The van der Waals surface area contributed by atoms with E-state index in [1.54, 1.807) is 36.5 Å². The maximum Gasteiger partial charge on any atom is 0.316 e. The van der Waals surface area contributed by atoms with Gasteiger partial charge < -0.3 is 10.2 Å². The Bertz CT molecular complexity index is 857. The second-order valence-corrected chi connectivity index (χ2v) is 6.19. The van der Waals surface area contributed by atoms with Crippen molar-refractivity contribution in [2.24, 2.45) is 0 Å². The molecule has 0 fully saturated rings. The van der Waals surface area contributed by atoms with Crippen LogP contribution in [0.4, 0.5) is 5.69 Å². The van der Waals surface area contributed by atoms with E-state index in [9.17, 15) is 8.42 Å². The van der Waals surface area contributed by atoms with Crippen molar-refractivity contribution in [1.82, 2.24) is 9.97 Å². The molecule has 1 aromatic carbocycles. The van der Waals surface area contributed by atoms with Gasteiger partial charge in [-0.1, -0.05) is 6.07 Å². The molecule has 20 heavy (non-hydrogen) atoms. The van der Waals surface area contributed by atoms with Crippen molar-refractivity contribution >= 4 is 26.6 Å². The van der Waals surface area contributed by atoms with E-state index in [2.05, 4.69) is 9.97 Å². The Morgan fingerprint density at radius 3 is 2.85 bits per heavy atom. The third-order valence-corrected chi connectivity index (χ3v) is 4.16. The summed E-state index contributed by atoms with van der Waals surface area (Å²) in [5, 5.41) is -0.304. The topological polar surface area (TPSA) is 99.1 Å². The Labute approximate surface area is 115 Å². The molecular weight excluding hydrogens is 278 g/mol. The molecule has 2 N–H and O–H groups in total. The van der Waals surface area contributed by atoms with Gasteiger partial charge in [0.2, 0.25) is 9.84 Å². The Kier molecular flexibility index (Phi) is 2.90. The van der Waals surface area contributed by atoms with Gasteiger partial charge in [0.25, 0.3) is 0 Å². The van der Waals surface area contributed by atoms with Crippen molar-refractivity contribution in [3.05, 3.63) is 48.3 Å². The first-order valence-electron chi connectivity index (χ1n) is 5.82. The van der Waals surface area contributed by atoms with Crippen LogP contribution in [0.1, 0.15) is 5.56 Å². The van der Waals surface area contributed by atoms with E-state index in [0.29, 0.717) is 22.4 Å². The third kappa shape index (κ3) is 2.35. The van der Waals surface area contributed by atoms with E-state index in [0.717, 1.165) is 0 Å². The zero-order valence-corrected chi connectivity index (χ0v) is 11.2. The molecule has 2 aromatic heterocycles. The van der Waals surface area contributed by atoms with Gasteiger partial charge in [-0.15, -0.1) is 0 Å². The molecule has 0 aliphatic heterocycles. The molecular formula is C13H11N3O3S. The summed E-state index contributed by atoms with van der Waals surface area (Å²) in [7, 11) is -3.65. The minimum atomic E-state index is -3.65. The van der Waals surface area contributed by atoms with E-state index < -0.39 is 9.84 Å². The van der Waals surface area contributed by atoms with Crippen LogP contribution in [-0.2, 0) is 15.6 Å². The summed E-state index contributed by atoms with van der Waals surface area (Å²) in [5.41, 5.74) is 7.51. The average molecular weight is 289 g/mol. The first kappa shape index (κ1) is 12.6. The van der Waals surface area contributed by atoms with Gasteiger partial charge in [0.05, 0.1) is 5.75 Å². The minimum absolute atomic E-state index is 0.205. The lowest BCUT2D eigenvalue weighted by molar-refractivity contribution is 0.458. The van der Waals surface area contributed by atoms with E-state index in [-0.39, 0.29) is 11.0 Å². The highest BCUT2D eigenvalue weighted by atomic mass is 32.2. The number of fused-ring (bicyclic) bond motifs is 1. The fourth-order valence-corrected chi connectivity index (χ4v) is 3.00. The fraction of sp³-hybridized carbons (Fsp3) is 0.0769. The lowest BCUT2D eigenvalue weighted by Gasteiger charge is -1.99. The summed E-state index contributed by atoms with van der Waals surface area (Å²) >= 11 is 0. The van der Waals surface area contributed by atoms with Crippen LogP contribution in [0, 0.1) is 0 Å². The van der Waals surface area contributed by atoms with Crippen molar-refractivity contribution < 1.29 is 12.8 Å². The first-order valence-corrected chi connectivity index (χ1v) is 7.47. The predicted molar refractivity (Wildman–Crippen MR) is 73.5 cm³/mol. The van der Waals surface area contributed by atoms with Crippen molar-refractivity contribution in [1.29, 1.82) is 0 Å². The lowest BCUT2D eigenvalue weighted by atomic mass is 10.3. The molecule has 0 saturated heterocycles. The van der Waals surface area contributed by atoms with E-state index in [1.807, 2.05) is 0 Å². The number of nitrogens with zero attached hydrogens (tertiary/aromatic N) is 2. The van der Waals surface area contributed by atoms with Crippen molar-refractivity contribution in [2.45, 2.75) is 11.0 Å². The van der Waals surface area contributed by atoms with Crippen LogP contribution in [-0.4, -0.2) is 18.4 Å². The highest BCUT2D eigenvalue weighted by Crippen LogP contribution is 2.23. The van der Waals surface area contributed by atoms with Gasteiger partial charge in [-0.25, -0.2) is 8.42 Å². The minimum Gasteiger partial charge on any atom is -0.428 e. The van der Waals surface area contributed by atoms with Crippen LogP contribution >= 0.6 is 0 Å². The predicted octanol–water partition coefficient (Wildman–Crippen LogP) is 1.78. The van der Waals surface area contributed by atoms with Crippen LogP contribution in [0.5, 0.6) is 0 Å². The summed E-state index contributed by atoms with van der Waals surface area (Å²) < 4.78 is 29.8. The summed E-state index contributed by atoms with van der Waals surface area (Å²) in [6.45, 7) is 0. The number of hydrogen-bond donors (Lipinski definition) is 1. The highest BCUT2D eigenvalue weighted by Gasteiger charge is 2.22. The van der Waals surface area contributed by atoms with Crippen LogP contribution in [0.2, 0.25) is 0 Å².